The van der Waals surface area contributed by atoms with Gasteiger partial charge in [-0.15, -0.1) is 0 Å². The van der Waals surface area contributed by atoms with Crippen LogP contribution in [0.15, 0.2) is 48.5 Å². The molecule has 2 heterocycles. The number of benzene rings is 2. The van der Waals surface area contributed by atoms with Gasteiger partial charge < -0.3 is 9.80 Å². The molecule has 2 fully saturated rings. The molecule has 0 bridgehead atoms. The zero-order valence-corrected chi connectivity index (χ0v) is 21.5. The van der Waals surface area contributed by atoms with Crippen molar-refractivity contribution in [2.24, 2.45) is 0 Å². The molecule has 204 valence electrons. The van der Waals surface area contributed by atoms with Gasteiger partial charge in [0.2, 0.25) is 19.1 Å². The van der Waals surface area contributed by atoms with E-state index in [9.17, 15) is 30.3 Å². The van der Waals surface area contributed by atoms with E-state index in [4.69, 9.17) is 0 Å². The lowest BCUT2D eigenvalue weighted by atomic mass is 9.78. The molecule has 0 radical (unpaired) electrons. The molecule has 4 rings (SSSR count). The van der Waals surface area contributed by atoms with E-state index in [-0.39, 0.29) is 0 Å². The van der Waals surface area contributed by atoms with Crippen molar-refractivity contribution in [3.63, 3.8) is 0 Å². The van der Waals surface area contributed by atoms with Crippen molar-refractivity contribution in [3.8, 4) is 0 Å². The number of nitro groups is 3. The summed E-state index contributed by atoms with van der Waals surface area (Å²) in [4.78, 5) is 39.3. The molecule has 11 nitrogen and oxygen atoms in total. The van der Waals surface area contributed by atoms with Crippen LogP contribution in [0.25, 0.3) is 0 Å². The van der Waals surface area contributed by atoms with Gasteiger partial charge >= 0.3 is 0 Å². The fourth-order valence-corrected chi connectivity index (χ4v) is 6.12. The average molecular weight is 526 g/mol. The second kappa shape index (κ2) is 12.7. The van der Waals surface area contributed by atoms with Crippen LogP contribution in [0.1, 0.15) is 61.5 Å². The molecule has 0 amide bonds. The number of hydrogen-bond acceptors (Lipinski definition) is 8. The van der Waals surface area contributed by atoms with Gasteiger partial charge in [0.15, 0.2) is 0 Å². The summed E-state index contributed by atoms with van der Waals surface area (Å²) in [5.74, 6) is -2.28. The minimum atomic E-state index is -1.55. The Labute approximate surface area is 221 Å². The number of nitrogens with zero attached hydrogens (tertiary/aromatic N) is 5. The fraction of sp³-hybridized carbons (Fsp3) is 0.556. The van der Waals surface area contributed by atoms with Gasteiger partial charge in [0.05, 0.1) is 0 Å². The lowest BCUT2D eigenvalue weighted by molar-refractivity contribution is -0.563. The molecule has 2 atom stereocenters. The molecule has 11 heteroatoms. The van der Waals surface area contributed by atoms with Crippen molar-refractivity contribution in [2.75, 3.05) is 49.1 Å². The van der Waals surface area contributed by atoms with Crippen molar-refractivity contribution < 1.29 is 14.8 Å². The Morgan fingerprint density at radius 2 is 0.974 bits per heavy atom. The Kier molecular flexibility index (Phi) is 9.09. The molecule has 2 aromatic carbocycles. The Bertz CT molecular complexity index is 1050. The molecule has 38 heavy (non-hydrogen) atoms. The minimum Gasteiger partial charge on any atom is -0.371 e. The molecule has 0 aromatic heterocycles. The van der Waals surface area contributed by atoms with Crippen LogP contribution in [0.3, 0.4) is 0 Å². The number of para-hydroxylation sites is 2. The number of rotatable bonds is 11. The van der Waals surface area contributed by atoms with E-state index in [2.05, 4.69) is 9.80 Å². The molecule has 0 aliphatic carbocycles. The molecule has 2 aliphatic rings. The van der Waals surface area contributed by atoms with Gasteiger partial charge in [0, 0.05) is 52.3 Å². The Hall–Kier alpha value is -3.76. The van der Waals surface area contributed by atoms with Gasteiger partial charge in [-0.1, -0.05) is 36.4 Å². The van der Waals surface area contributed by atoms with Crippen LogP contribution >= 0.6 is 0 Å². The maximum absolute atomic E-state index is 12.8. The van der Waals surface area contributed by atoms with Crippen molar-refractivity contribution in [1.82, 2.24) is 0 Å². The summed E-state index contributed by atoms with van der Waals surface area (Å²) >= 11 is 0. The lowest BCUT2D eigenvalue weighted by Crippen LogP contribution is -2.42. The summed E-state index contributed by atoms with van der Waals surface area (Å²) in [6.45, 7) is 1.69. The van der Waals surface area contributed by atoms with Gasteiger partial charge in [-0.25, -0.2) is 0 Å². The normalized spacial score (nSPS) is 18.4. The molecular weight excluding hydrogens is 490 g/mol. The van der Waals surface area contributed by atoms with Crippen LogP contribution in [0.2, 0.25) is 0 Å². The van der Waals surface area contributed by atoms with Gasteiger partial charge in [0.25, 0.3) is 0 Å². The summed E-state index contributed by atoms with van der Waals surface area (Å²) < 4.78 is 0. The van der Waals surface area contributed by atoms with E-state index in [0.717, 1.165) is 76.1 Å². The van der Waals surface area contributed by atoms with Crippen molar-refractivity contribution in [3.05, 3.63) is 90.0 Å². The number of anilines is 2. The van der Waals surface area contributed by atoms with Crippen LogP contribution in [0.4, 0.5) is 11.4 Å². The molecule has 0 saturated carbocycles. The van der Waals surface area contributed by atoms with Crippen LogP contribution in [0, 0.1) is 30.3 Å². The maximum atomic E-state index is 12.8. The highest BCUT2D eigenvalue weighted by atomic mass is 16.6. The first-order valence-electron chi connectivity index (χ1n) is 13.4. The van der Waals surface area contributed by atoms with E-state index < -0.39 is 45.7 Å². The predicted octanol–water partition coefficient (Wildman–Crippen LogP) is 4.73. The van der Waals surface area contributed by atoms with E-state index in [1.54, 1.807) is 24.3 Å². The average Bonchev–Trinajstić information content (AvgIpc) is 2.92. The second-order valence-corrected chi connectivity index (χ2v) is 10.2. The maximum Gasteiger partial charge on any atom is 0.239 e. The molecule has 2 unspecified atom stereocenters. The number of piperidine rings is 2. The first kappa shape index (κ1) is 27.3. The van der Waals surface area contributed by atoms with Gasteiger partial charge in [-0.2, -0.15) is 0 Å². The summed E-state index contributed by atoms with van der Waals surface area (Å²) in [5, 5.41) is 36.6. The van der Waals surface area contributed by atoms with Gasteiger partial charge in [0.1, 0.15) is 11.8 Å². The zero-order valence-electron chi connectivity index (χ0n) is 21.5. The molecule has 2 saturated heterocycles. The lowest BCUT2D eigenvalue weighted by Gasteiger charge is -2.34. The third-order valence-electron chi connectivity index (χ3n) is 7.83. The van der Waals surface area contributed by atoms with Crippen LogP contribution in [-0.4, -0.2) is 60.1 Å². The monoisotopic (exact) mass is 525 g/mol. The third-order valence-corrected chi connectivity index (χ3v) is 7.83. The Balaban J connectivity index is 1.84. The molecule has 2 aromatic rings. The molecular formula is C27H35N5O6. The van der Waals surface area contributed by atoms with Crippen LogP contribution < -0.4 is 9.80 Å². The second-order valence-electron chi connectivity index (χ2n) is 10.2. The summed E-state index contributed by atoms with van der Waals surface area (Å²) in [5.41, 5.74) is 2.51. The topological polar surface area (TPSA) is 136 Å². The van der Waals surface area contributed by atoms with E-state index >= 15 is 0 Å². The SMILES string of the molecule is O=[N+]([O-])CC(c1ccccc1N1CCCCC1)C(C(C[N+](=O)[O-])c1ccccc1N1CCCCC1)[N+](=O)[O-]. The van der Waals surface area contributed by atoms with Gasteiger partial charge in [-0.05, 0) is 61.8 Å². The van der Waals surface area contributed by atoms with E-state index in [1.807, 2.05) is 24.3 Å². The quantitative estimate of drug-likeness (QED) is 0.303. The zero-order chi connectivity index (χ0) is 27.1. The summed E-state index contributed by atoms with van der Waals surface area (Å²) in [6, 6.07) is 12.7. The van der Waals surface area contributed by atoms with Crippen molar-refractivity contribution in [2.45, 2.75) is 56.4 Å². The summed E-state index contributed by atoms with van der Waals surface area (Å²) in [6.07, 6.45) is 6.07. The number of hydrogen-bond donors (Lipinski definition) is 0. The fourth-order valence-electron chi connectivity index (χ4n) is 6.12. The molecule has 0 spiro atoms. The highest BCUT2D eigenvalue weighted by Gasteiger charge is 2.48. The predicted molar refractivity (Wildman–Crippen MR) is 145 cm³/mol. The van der Waals surface area contributed by atoms with Crippen LogP contribution in [-0.2, 0) is 0 Å². The van der Waals surface area contributed by atoms with Gasteiger partial charge in [-0.3, -0.25) is 30.3 Å². The first-order valence-corrected chi connectivity index (χ1v) is 13.4. The van der Waals surface area contributed by atoms with Crippen molar-refractivity contribution in [1.29, 1.82) is 0 Å². The third kappa shape index (κ3) is 6.38. The van der Waals surface area contributed by atoms with E-state index in [1.165, 1.54) is 0 Å². The molecule has 0 N–H and O–H groups in total. The standard InChI is InChI=1S/C27H35N5O6/c33-30(34)19-23(21-11-3-5-13-25(21)28-15-7-1-8-16-28)27(32(37)38)24(20-31(35)36)22-12-4-6-14-26(22)29-17-9-2-10-18-29/h3-6,11-14,23-24,27H,1-2,7-10,15-20H2. The smallest absolute Gasteiger partial charge is 0.239 e. The minimum absolute atomic E-state index is 0.511. The highest BCUT2D eigenvalue weighted by molar-refractivity contribution is 5.58. The van der Waals surface area contributed by atoms with Crippen LogP contribution in [0.5, 0.6) is 0 Å². The first-order chi connectivity index (χ1) is 18.4. The van der Waals surface area contributed by atoms with E-state index in [0.29, 0.717) is 11.1 Å². The largest absolute Gasteiger partial charge is 0.371 e. The molecule has 2 aliphatic heterocycles. The highest BCUT2D eigenvalue weighted by Crippen LogP contribution is 2.41. The van der Waals surface area contributed by atoms with Crippen molar-refractivity contribution >= 4 is 11.4 Å². The Morgan fingerprint density at radius 3 is 1.32 bits per heavy atom. The summed E-state index contributed by atoms with van der Waals surface area (Å²) in [7, 11) is 0. The Morgan fingerprint density at radius 1 is 0.605 bits per heavy atom.